The largest absolute Gasteiger partial charge is 0.772 e. The van der Waals surface area contributed by atoms with E-state index >= 15 is 0 Å². The molecule has 15 heavy (non-hydrogen) atoms. The lowest BCUT2D eigenvalue weighted by Crippen LogP contribution is -2.13. The number of carbonyl (C=O) groups excluding carboxylic acids is 1. The van der Waals surface area contributed by atoms with Gasteiger partial charge in [0.2, 0.25) is 0 Å². The summed E-state index contributed by atoms with van der Waals surface area (Å²) in [5, 5.41) is 0. The normalized spacial score (nSPS) is 12.8. The summed E-state index contributed by atoms with van der Waals surface area (Å²) >= 11 is -2.06. The highest BCUT2D eigenvalue weighted by Gasteiger charge is 2.07. The predicted octanol–water partition coefficient (Wildman–Crippen LogP) is 1.63. The molecule has 0 aromatic carbocycles. The van der Waals surface area contributed by atoms with Crippen LogP contribution in [0.1, 0.15) is 39.5 Å². The van der Waals surface area contributed by atoms with Gasteiger partial charge in [-0.15, -0.1) is 0 Å². The molecule has 90 valence electrons. The van der Waals surface area contributed by atoms with Crippen molar-refractivity contribution in [3.05, 3.63) is 0 Å². The van der Waals surface area contributed by atoms with Gasteiger partial charge in [-0.2, -0.15) is 0 Å². The molecule has 0 aliphatic rings. The highest BCUT2D eigenvalue weighted by molar-refractivity contribution is 7.79. The zero-order valence-electron chi connectivity index (χ0n) is 9.36. The van der Waals surface area contributed by atoms with Crippen LogP contribution in [0.3, 0.4) is 0 Å². The van der Waals surface area contributed by atoms with E-state index in [-0.39, 0.29) is 18.1 Å². The maximum Gasteiger partial charge on any atom is 0.305 e. The molecule has 5 heteroatoms. The number of ether oxygens (including phenoxy) is 1. The molecule has 0 heterocycles. The molecule has 0 amide bonds. The average Bonchev–Trinajstić information content (AvgIpc) is 2.18. The summed E-state index contributed by atoms with van der Waals surface area (Å²) in [7, 11) is 0. The minimum absolute atomic E-state index is 0.0279. The van der Waals surface area contributed by atoms with E-state index in [9.17, 15) is 13.6 Å². The van der Waals surface area contributed by atoms with Crippen LogP contribution in [0, 0.1) is 5.92 Å². The smallest absolute Gasteiger partial charge is 0.305 e. The summed E-state index contributed by atoms with van der Waals surface area (Å²) in [5.41, 5.74) is 0. The fraction of sp³-hybridized carbons (Fsp3) is 0.900. The molecule has 0 bridgehead atoms. The fourth-order valence-corrected chi connectivity index (χ4v) is 1.52. The van der Waals surface area contributed by atoms with Crippen LogP contribution in [0.25, 0.3) is 0 Å². The zero-order chi connectivity index (χ0) is 11.7. The Morgan fingerprint density at radius 1 is 1.40 bits per heavy atom. The number of hydrogen-bond donors (Lipinski definition) is 0. The number of hydrogen-bond acceptors (Lipinski definition) is 4. The van der Waals surface area contributed by atoms with E-state index < -0.39 is 11.1 Å². The van der Waals surface area contributed by atoms with Gasteiger partial charge in [-0.25, -0.2) is 0 Å². The Labute approximate surface area is 93.7 Å². The molecule has 0 spiro atoms. The first-order chi connectivity index (χ1) is 7.10. The van der Waals surface area contributed by atoms with Gasteiger partial charge in [0.1, 0.15) is 0 Å². The first-order valence-electron chi connectivity index (χ1n) is 5.31. The van der Waals surface area contributed by atoms with Crippen LogP contribution in [0.15, 0.2) is 0 Å². The van der Waals surface area contributed by atoms with Crippen molar-refractivity contribution in [2.24, 2.45) is 5.92 Å². The van der Waals surface area contributed by atoms with Crippen molar-refractivity contribution in [1.82, 2.24) is 0 Å². The van der Waals surface area contributed by atoms with E-state index in [0.717, 1.165) is 12.8 Å². The average molecular weight is 235 g/mol. The number of esters is 1. The van der Waals surface area contributed by atoms with Crippen LogP contribution in [0.4, 0.5) is 0 Å². The van der Waals surface area contributed by atoms with E-state index in [1.54, 1.807) is 0 Å². The molecular weight excluding hydrogens is 216 g/mol. The third kappa shape index (κ3) is 8.57. The van der Waals surface area contributed by atoms with Crippen molar-refractivity contribution in [2.45, 2.75) is 39.5 Å². The topological polar surface area (TPSA) is 66.4 Å². The van der Waals surface area contributed by atoms with Gasteiger partial charge in [-0.05, 0) is 12.3 Å². The number of carbonyl (C=O) groups is 1. The van der Waals surface area contributed by atoms with Crippen LogP contribution >= 0.6 is 0 Å². The molecule has 0 rings (SSSR count). The molecule has 0 saturated heterocycles. The molecule has 0 fully saturated rings. The quantitative estimate of drug-likeness (QED) is 0.473. The van der Waals surface area contributed by atoms with Crippen LogP contribution in [-0.2, 0) is 20.6 Å². The zero-order valence-corrected chi connectivity index (χ0v) is 10.2. The standard InChI is InChI=1S/C10H20O4S/c1-3-9(4-2)8-14-10(11)6-5-7-15(12)13/h9H,3-8H2,1-2H3,(H,12,13)/p-1. The minimum atomic E-state index is -2.06. The van der Waals surface area contributed by atoms with Crippen LogP contribution in [0.2, 0.25) is 0 Å². The molecule has 4 nitrogen and oxygen atoms in total. The van der Waals surface area contributed by atoms with E-state index in [2.05, 4.69) is 13.8 Å². The van der Waals surface area contributed by atoms with E-state index in [1.165, 1.54) is 0 Å². The van der Waals surface area contributed by atoms with Crippen LogP contribution in [0.5, 0.6) is 0 Å². The van der Waals surface area contributed by atoms with E-state index in [1.807, 2.05) is 0 Å². The van der Waals surface area contributed by atoms with Gasteiger partial charge in [0.15, 0.2) is 0 Å². The Morgan fingerprint density at radius 2 is 2.00 bits per heavy atom. The first kappa shape index (κ1) is 14.6. The summed E-state index contributed by atoms with van der Waals surface area (Å²) in [4.78, 5) is 11.1. The van der Waals surface area contributed by atoms with Crippen molar-refractivity contribution in [1.29, 1.82) is 0 Å². The van der Waals surface area contributed by atoms with Crippen molar-refractivity contribution in [3.63, 3.8) is 0 Å². The second kappa shape index (κ2) is 8.85. The first-order valence-corrected chi connectivity index (χ1v) is 6.56. The molecule has 0 aliphatic heterocycles. The highest BCUT2D eigenvalue weighted by atomic mass is 32.2. The van der Waals surface area contributed by atoms with Crippen molar-refractivity contribution >= 4 is 17.0 Å². The number of rotatable bonds is 8. The lowest BCUT2D eigenvalue weighted by Gasteiger charge is -2.12. The summed E-state index contributed by atoms with van der Waals surface area (Å²) < 4.78 is 25.4. The second-order valence-electron chi connectivity index (χ2n) is 3.48. The summed E-state index contributed by atoms with van der Waals surface area (Å²) in [6.07, 6.45) is 2.52. The predicted molar refractivity (Wildman–Crippen MR) is 58.1 cm³/mol. The minimum Gasteiger partial charge on any atom is -0.772 e. The van der Waals surface area contributed by atoms with Gasteiger partial charge in [-0.3, -0.25) is 9.00 Å². The molecule has 0 saturated carbocycles. The summed E-state index contributed by atoms with van der Waals surface area (Å²) in [6, 6.07) is 0. The Kier molecular flexibility index (Phi) is 8.61. The second-order valence-corrected chi connectivity index (χ2v) is 4.49. The van der Waals surface area contributed by atoms with Gasteiger partial charge in [-0.1, -0.05) is 37.8 Å². The molecule has 0 radical (unpaired) electrons. The molecule has 0 aromatic heterocycles. The Hall–Kier alpha value is -0.420. The van der Waals surface area contributed by atoms with Gasteiger partial charge < -0.3 is 9.29 Å². The Morgan fingerprint density at radius 3 is 2.47 bits per heavy atom. The molecule has 0 aromatic rings. The molecular formula is C10H19O4S-. The molecule has 0 N–H and O–H groups in total. The van der Waals surface area contributed by atoms with Crippen LogP contribution < -0.4 is 0 Å². The van der Waals surface area contributed by atoms with E-state index in [0.29, 0.717) is 18.9 Å². The van der Waals surface area contributed by atoms with E-state index in [4.69, 9.17) is 4.74 Å². The van der Waals surface area contributed by atoms with Crippen molar-refractivity contribution in [3.8, 4) is 0 Å². The van der Waals surface area contributed by atoms with Gasteiger partial charge >= 0.3 is 5.97 Å². The van der Waals surface area contributed by atoms with Crippen molar-refractivity contribution in [2.75, 3.05) is 12.4 Å². The maximum atomic E-state index is 11.1. The third-order valence-electron chi connectivity index (χ3n) is 2.33. The molecule has 1 atom stereocenters. The molecule has 0 aliphatic carbocycles. The summed E-state index contributed by atoms with van der Waals surface area (Å²) in [6.45, 7) is 4.57. The third-order valence-corrected chi connectivity index (χ3v) is 2.95. The SMILES string of the molecule is CCC(CC)COC(=O)CCCS(=O)[O-]. The Balaban J connectivity index is 3.52. The van der Waals surface area contributed by atoms with Gasteiger partial charge in [0.25, 0.3) is 0 Å². The Bertz CT molecular complexity index is 202. The molecule has 1 unspecified atom stereocenters. The lowest BCUT2D eigenvalue weighted by atomic mass is 10.1. The highest BCUT2D eigenvalue weighted by Crippen LogP contribution is 2.08. The van der Waals surface area contributed by atoms with Gasteiger partial charge in [0.05, 0.1) is 6.61 Å². The van der Waals surface area contributed by atoms with Crippen molar-refractivity contribution < 1.29 is 18.3 Å². The summed E-state index contributed by atoms with van der Waals surface area (Å²) in [5.74, 6) is 0.148. The maximum absolute atomic E-state index is 11.1. The fourth-order valence-electron chi connectivity index (χ4n) is 1.14. The van der Waals surface area contributed by atoms with Crippen LogP contribution in [-0.4, -0.2) is 27.1 Å². The lowest BCUT2D eigenvalue weighted by molar-refractivity contribution is -0.145. The van der Waals surface area contributed by atoms with Gasteiger partial charge in [0, 0.05) is 12.2 Å². The monoisotopic (exact) mass is 235 g/mol.